The first-order chi connectivity index (χ1) is 6.13. The molecule has 1 rings (SSSR count). The van der Waals surface area contributed by atoms with Crippen molar-refractivity contribution in [1.29, 1.82) is 0 Å². The van der Waals surface area contributed by atoms with E-state index in [1.165, 1.54) is 0 Å². The molecule has 0 saturated heterocycles. The molecule has 2 N–H and O–H groups in total. The highest BCUT2D eigenvalue weighted by Crippen LogP contribution is 2.22. The number of rotatable bonds is 3. The smallest absolute Gasteiger partial charge is 0.0605 e. The Morgan fingerprint density at radius 1 is 1.08 bits per heavy atom. The molecule has 2 unspecified atom stereocenters. The highest BCUT2D eigenvalue weighted by atomic mass is 16.3. The molecular formula is C10H15NO2. The van der Waals surface area contributed by atoms with Crippen LogP contribution in [-0.4, -0.2) is 27.4 Å². The highest BCUT2D eigenvalue weighted by Gasteiger charge is 2.21. The first-order valence-corrected chi connectivity index (χ1v) is 4.39. The summed E-state index contributed by atoms with van der Waals surface area (Å²) >= 11 is 0. The molecule has 0 bridgehead atoms. The monoisotopic (exact) mass is 181 g/mol. The van der Waals surface area contributed by atoms with Crippen LogP contribution in [0, 0.1) is 0 Å². The lowest BCUT2D eigenvalue weighted by atomic mass is 9.90. The van der Waals surface area contributed by atoms with Crippen molar-refractivity contribution in [3.8, 4) is 0 Å². The third kappa shape index (κ3) is 2.50. The van der Waals surface area contributed by atoms with Crippen molar-refractivity contribution in [2.45, 2.75) is 32.0 Å². The van der Waals surface area contributed by atoms with Crippen LogP contribution in [0.4, 0.5) is 0 Å². The summed E-state index contributed by atoms with van der Waals surface area (Å²) in [5, 5.41) is 18.9. The molecule has 2 atom stereocenters. The van der Waals surface area contributed by atoms with E-state index in [0.717, 1.165) is 5.56 Å². The minimum atomic E-state index is -0.553. The molecule has 0 radical (unpaired) electrons. The molecule has 0 aliphatic heterocycles. The van der Waals surface area contributed by atoms with Gasteiger partial charge in [-0.05, 0) is 31.5 Å². The molecule has 1 heterocycles. The summed E-state index contributed by atoms with van der Waals surface area (Å²) in [5.41, 5.74) is 0.917. The van der Waals surface area contributed by atoms with Crippen LogP contribution >= 0.6 is 0 Å². The van der Waals surface area contributed by atoms with Gasteiger partial charge in [-0.15, -0.1) is 0 Å². The number of pyridine rings is 1. The van der Waals surface area contributed by atoms with Crippen molar-refractivity contribution in [2.75, 3.05) is 0 Å². The van der Waals surface area contributed by atoms with Crippen LogP contribution in [0.3, 0.4) is 0 Å². The lowest BCUT2D eigenvalue weighted by Gasteiger charge is -2.22. The standard InChI is InChI=1S/C10H15NO2/c1-7(12)10(8(2)13)9-3-5-11-6-4-9/h3-8,10,12-13H,1-2H3. The Morgan fingerprint density at radius 2 is 1.54 bits per heavy atom. The minimum Gasteiger partial charge on any atom is -0.393 e. The molecule has 0 aromatic carbocycles. The fraction of sp³-hybridized carbons (Fsp3) is 0.500. The van der Waals surface area contributed by atoms with Gasteiger partial charge in [0.2, 0.25) is 0 Å². The Morgan fingerprint density at radius 3 is 1.92 bits per heavy atom. The number of aromatic nitrogens is 1. The van der Waals surface area contributed by atoms with E-state index in [2.05, 4.69) is 4.98 Å². The van der Waals surface area contributed by atoms with E-state index in [1.807, 2.05) is 12.1 Å². The van der Waals surface area contributed by atoms with Crippen LogP contribution in [0.2, 0.25) is 0 Å². The summed E-state index contributed by atoms with van der Waals surface area (Å²) in [7, 11) is 0. The Balaban J connectivity index is 2.89. The SMILES string of the molecule is CC(O)C(c1ccncc1)C(C)O. The summed E-state index contributed by atoms with van der Waals surface area (Å²) in [5.74, 6) is -0.233. The Kier molecular flexibility index (Phi) is 3.39. The molecule has 72 valence electrons. The Labute approximate surface area is 78.1 Å². The van der Waals surface area contributed by atoms with E-state index >= 15 is 0 Å². The maximum absolute atomic E-state index is 9.46. The molecule has 13 heavy (non-hydrogen) atoms. The normalized spacial score (nSPS) is 17.8. The average Bonchev–Trinajstić information content (AvgIpc) is 2.04. The third-order valence-corrected chi connectivity index (χ3v) is 2.13. The molecule has 0 saturated carbocycles. The number of hydrogen-bond acceptors (Lipinski definition) is 3. The van der Waals surface area contributed by atoms with Gasteiger partial charge in [-0.25, -0.2) is 0 Å². The molecule has 1 aromatic heterocycles. The van der Waals surface area contributed by atoms with Gasteiger partial charge < -0.3 is 10.2 Å². The highest BCUT2D eigenvalue weighted by molar-refractivity contribution is 5.18. The number of nitrogens with zero attached hydrogens (tertiary/aromatic N) is 1. The maximum atomic E-state index is 9.46. The Hall–Kier alpha value is -0.930. The van der Waals surface area contributed by atoms with Crippen LogP contribution in [0.1, 0.15) is 25.3 Å². The van der Waals surface area contributed by atoms with Gasteiger partial charge in [0.1, 0.15) is 0 Å². The fourth-order valence-corrected chi connectivity index (χ4v) is 1.55. The molecule has 0 aliphatic carbocycles. The number of hydrogen-bond donors (Lipinski definition) is 2. The van der Waals surface area contributed by atoms with E-state index < -0.39 is 12.2 Å². The maximum Gasteiger partial charge on any atom is 0.0605 e. The van der Waals surface area contributed by atoms with Gasteiger partial charge in [-0.3, -0.25) is 4.98 Å². The van der Waals surface area contributed by atoms with Crippen LogP contribution in [-0.2, 0) is 0 Å². The summed E-state index contributed by atoms with van der Waals surface area (Å²) in [4.78, 5) is 3.88. The predicted octanol–water partition coefficient (Wildman–Crippen LogP) is 0.927. The van der Waals surface area contributed by atoms with Crippen molar-refractivity contribution in [2.24, 2.45) is 0 Å². The lowest BCUT2D eigenvalue weighted by Crippen LogP contribution is -2.25. The van der Waals surface area contributed by atoms with Crippen molar-refractivity contribution in [3.63, 3.8) is 0 Å². The molecule has 3 heteroatoms. The van der Waals surface area contributed by atoms with E-state index in [4.69, 9.17) is 0 Å². The molecule has 0 spiro atoms. The predicted molar refractivity (Wildman–Crippen MR) is 50.3 cm³/mol. The van der Waals surface area contributed by atoms with Crippen LogP contribution in [0.15, 0.2) is 24.5 Å². The van der Waals surface area contributed by atoms with Crippen molar-refractivity contribution >= 4 is 0 Å². The van der Waals surface area contributed by atoms with Crippen LogP contribution < -0.4 is 0 Å². The second-order valence-electron chi connectivity index (χ2n) is 3.29. The van der Waals surface area contributed by atoms with Crippen molar-refractivity contribution in [1.82, 2.24) is 4.98 Å². The molecule has 3 nitrogen and oxygen atoms in total. The van der Waals surface area contributed by atoms with E-state index in [9.17, 15) is 10.2 Å². The molecule has 1 aromatic rings. The second-order valence-corrected chi connectivity index (χ2v) is 3.29. The van der Waals surface area contributed by atoms with Crippen molar-refractivity contribution in [3.05, 3.63) is 30.1 Å². The van der Waals surface area contributed by atoms with Gasteiger partial charge in [-0.2, -0.15) is 0 Å². The van der Waals surface area contributed by atoms with Gasteiger partial charge in [-0.1, -0.05) is 0 Å². The summed E-state index contributed by atoms with van der Waals surface area (Å²) in [6.07, 6.45) is 2.21. The van der Waals surface area contributed by atoms with Crippen LogP contribution in [0.5, 0.6) is 0 Å². The lowest BCUT2D eigenvalue weighted by molar-refractivity contribution is 0.0729. The van der Waals surface area contributed by atoms with Gasteiger partial charge >= 0.3 is 0 Å². The first-order valence-electron chi connectivity index (χ1n) is 4.39. The molecule has 0 aliphatic rings. The average molecular weight is 181 g/mol. The molecule has 0 amide bonds. The minimum absolute atomic E-state index is 0.233. The third-order valence-electron chi connectivity index (χ3n) is 2.13. The van der Waals surface area contributed by atoms with Gasteiger partial charge in [0.25, 0.3) is 0 Å². The molecular weight excluding hydrogens is 166 g/mol. The summed E-state index contributed by atoms with van der Waals surface area (Å²) in [6.45, 7) is 3.36. The Bertz CT molecular complexity index is 238. The molecule has 0 fully saturated rings. The first kappa shape index (κ1) is 10.2. The van der Waals surface area contributed by atoms with E-state index in [1.54, 1.807) is 26.2 Å². The van der Waals surface area contributed by atoms with E-state index in [-0.39, 0.29) is 5.92 Å². The van der Waals surface area contributed by atoms with Crippen LogP contribution in [0.25, 0.3) is 0 Å². The largest absolute Gasteiger partial charge is 0.393 e. The zero-order valence-corrected chi connectivity index (χ0v) is 7.88. The van der Waals surface area contributed by atoms with Gasteiger partial charge in [0, 0.05) is 18.3 Å². The van der Waals surface area contributed by atoms with Gasteiger partial charge in [0.15, 0.2) is 0 Å². The second kappa shape index (κ2) is 4.35. The van der Waals surface area contributed by atoms with E-state index in [0.29, 0.717) is 0 Å². The zero-order chi connectivity index (χ0) is 9.84. The number of aliphatic hydroxyl groups excluding tert-OH is 2. The zero-order valence-electron chi connectivity index (χ0n) is 7.88. The van der Waals surface area contributed by atoms with Gasteiger partial charge in [0.05, 0.1) is 12.2 Å². The number of aliphatic hydroxyl groups is 2. The fourth-order valence-electron chi connectivity index (χ4n) is 1.55. The summed E-state index contributed by atoms with van der Waals surface area (Å²) in [6, 6.07) is 3.62. The van der Waals surface area contributed by atoms with Crippen molar-refractivity contribution < 1.29 is 10.2 Å². The topological polar surface area (TPSA) is 53.4 Å². The quantitative estimate of drug-likeness (QED) is 0.729. The summed E-state index contributed by atoms with van der Waals surface area (Å²) < 4.78 is 0.